The third-order valence-corrected chi connectivity index (χ3v) is 3.54. The van der Waals surface area contributed by atoms with E-state index in [0.29, 0.717) is 6.26 Å². The number of aryl methyl sites for hydroxylation is 2. The molecule has 23 heavy (non-hydrogen) atoms. The van der Waals surface area contributed by atoms with Crippen molar-refractivity contribution in [2.45, 2.75) is 78.2 Å². The predicted octanol–water partition coefficient (Wildman–Crippen LogP) is 3.84. The molecule has 0 saturated carbocycles. The lowest BCUT2D eigenvalue weighted by molar-refractivity contribution is -0.704. The molecule has 1 rings (SSSR count). The molecule has 0 amide bonds. The van der Waals surface area contributed by atoms with Gasteiger partial charge in [0.1, 0.15) is 6.54 Å². The standard InChI is InChI=1S/C17H30N.CH4O3S/c1-3-5-6-7-8-9-11-15-18-16-12-10-14-17(18)13-4-2;1-5(2,3)4/h10,12,14,16H,3-9,11,13,15H2,1-2H3;1H3,(H,2,3,4)/q+1;/p-1. The lowest BCUT2D eigenvalue weighted by atomic mass is 10.1. The zero-order valence-corrected chi connectivity index (χ0v) is 15.8. The van der Waals surface area contributed by atoms with E-state index in [1.165, 1.54) is 70.0 Å². The summed E-state index contributed by atoms with van der Waals surface area (Å²) in [5, 5.41) is 0. The Balaban J connectivity index is 0.000000841. The fraction of sp³-hybridized carbons (Fsp3) is 0.722. The Labute approximate surface area is 142 Å². The van der Waals surface area contributed by atoms with E-state index in [9.17, 15) is 0 Å². The summed E-state index contributed by atoms with van der Waals surface area (Å²) >= 11 is 0. The first-order chi connectivity index (χ1) is 10.9. The maximum atomic E-state index is 9.08. The summed E-state index contributed by atoms with van der Waals surface area (Å²) in [6, 6.07) is 6.58. The van der Waals surface area contributed by atoms with E-state index in [1.807, 2.05) is 0 Å². The van der Waals surface area contributed by atoms with Gasteiger partial charge >= 0.3 is 0 Å². The quantitative estimate of drug-likeness (QED) is 0.368. The van der Waals surface area contributed by atoms with Gasteiger partial charge in [0.05, 0.1) is 10.1 Å². The van der Waals surface area contributed by atoms with E-state index in [2.05, 4.69) is 42.8 Å². The summed E-state index contributed by atoms with van der Waals surface area (Å²) in [6.45, 7) is 5.73. The van der Waals surface area contributed by atoms with Crippen LogP contribution in [0, 0.1) is 0 Å². The molecule has 0 spiro atoms. The van der Waals surface area contributed by atoms with Crippen LogP contribution in [0.2, 0.25) is 0 Å². The largest absolute Gasteiger partial charge is 0.748 e. The van der Waals surface area contributed by atoms with Crippen LogP contribution in [0.5, 0.6) is 0 Å². The summed E-state index contributed by atoms with van der Waals surface area (Å²) in [6.07, 6.45) is 15.0. The van der Waals surface area contributed by atoms with Gasteiger partial charge in [0.15, 0.2) is 11.9 Å². The minimum Gasteiger partial charge on any atom is -0.748 e. The molecule has 0 radical (unpaired) electrons. The van der Waals surface area contributed by atoms with Crippen molar-refractivity contribution in [3.8, 4) is 0 Å². The van der Waals surface area contributed by atoms with Crippen molar-refractivity contribution in [1.82, 2.24) is 0 Å². The van der Waals surface area contributed by atoms with E-state index in [0.717, 1.165) is 0 Å². The molecule has 1 heterocycles. The molecule has 1 aromatic heterocycles. The van der Waals surface area contributed by atoms with Crippen LogP contribution >= 0.6 is 0 Å². The Morgan fingerprint density at radius 2 is 1.52 bits per heavy atom. The first kappa shape index (κ1) is 22.1. The minimum atomic E-state index is -3.92. The summed E-state index contributed by atoms with van der Waals surface area (Å²) < 4.78 is 29.7. The molecule has 0 bridgehead atoms. The van der Waals surface area contributed by atoms with Crippen molar-refractivity contribution >= 4 is 10.1 Å². The third kappa shape index (κ3) is 15.7. The summed E-state index contributed by atoms with van der Waals surface area (Å²) in [7, 11) is -3.92. The summed E-state index contributed by atoms with van der Waals surface area (Å²) in [5.74, 6) is 0. The van der Waals surface area contributed by atoms with Gasteiger partial charge in [-0.1, -0.05) is 52.0 Å². The molecular weight excluding hydrogens is 310 g/mol. The molecule has 0 atom stereocenters. The van der Waals surface area contributed by atoms with Gasteiger partial charge in [-0.15, -0.1) is 0 Å². The molecule has 5 heteroatoms. The van der Waals surface area contributed by atoms with E-state index < -0.39 is 10.1 Å². The van der Waals surface area contributed by atoms with E-state index in [4.69, 9.17) is 13.0 Å². The van der Waals surface area contributed by atoms with Gasteiger partial charge in [-0.2, -0.15) is 0 Å². The Hall–Kier alpha value is -0.940. The van der Waals surface area contributed by atoms with Crippen LogP contribution in [0.15, 0.2) is 24.4 Å². The third-order valence-electron chi connectivity index (χ3n) is 3.54. The smallest absolute Gasteiger partial charge is 0.181 e. The number of hydrogen-bond donors (Lipinski definition) is 0. The Kier molecular flexibility index (Phi) is 12.9. The molecule has 134 valence electrons. The second kappa shape index (κ2) is 13.5. The van der Waals surface area contributed by atoms with Crippen LogP contribution in [0.25, 0.3) is 0 Å². The van der Waals surface area contributed by atoms with E-state index >= 15 is 0 Å². The van der Waals surface area contributed by atoms with Crippen molar-refractivity contribution in [3.05, 3.63) is 30.1 Å². The lowest BCUT2D eigenvalue weighted by Crippen LogP contribution is -2.37. The van der Waals surface area contributed by atoms with E-state index in [1.54, 1.807) is 0 Å². The minimum absolute atomic E-state index is 0.604. The Bertz CT molecular complexity index is 493. The predicted molar refractivity (Wildman–Crippen MR) is 94.2 cm³/mol. The van der Waals surface area contributed by atoms with Crippen LogP contribution in [0.4, 0.5) is 0 Å². The fourth-order valence-electron chi connectivity index (χ4n) is 2.45. The zero-order chi connectivity index (χ0) is 17.6. The van der Waals surface area contributed by atoms with Gasteiger partial charge in [-0.25, -0.2) is 13.0 Å². The van der Waals surface area contributed by atoms with Crippen molar-refractivity contribution in [2.75, 3.05) is 6.26 Å². The highest BCUT2D eigenvalue weighted by Gasteiger charge is 2.07. The molecule has 0 aliphatic rings. The Morgan fingerprint density at radius 3 is 2.09 bits per heavy atom. The van der Waals surface area contributed by atoms with Crippen molar-refractivity contribution in [3.63, 3.8) is 0 Å². The second-order valence-corrected chi connectivity index (χ2v) is 7.37. The molecule has 0 fully saturated rings. The highest BCUT2D eigenvalue weighted by Crippen LogP contribution is 2.07. The highest BCUT2D eigenvalue weighted by atomic mass is 32.2. The lowest BCUT2D eigenvalue weighted by Gasteiger charge is -2.03. The first-order valence-corrected chi connectivity index (χ1v) is 10.6. The first-order valence-electron chi connectivity index (χ1n) is 8.76. The van der Waals surface area contributed by atoms with Crippen LogP contribution in [0.3, 0.4) is 0 Å². The molecule has 0 saturated heterocycles. The monoisotopic (exact) mass is 343 g/mol. The van der Waals surface area contributed by atoms with Crippen LogP contribution in [-0.4, -0.2) is 19.2 Å². The van der Waals surface area contributed by atoms with E-state index in [-0.39, 0.29) is 0 Å². The van der Waals surface area contributed by atoms with Crippen molar-refractivity contribution in [1.29, 1.82) is 0 Å². The van der Waals surface area contributed by atoms with Crippen LogP contribution in [0.1, 0.15) is 70.9 Å². The van der Waals surface area contributed by atoms with Gasteiger partial charge in [0.2, 0.25) is 0 Å². The summed E-state index contributed by atoms with van der Waals surface area (Å²) in [5.41, 5.74) is 1.49. The fourth-order valence-corrected chi connectivity index (χ4v) is 2.45. The van der Waals surface area contributed by atoms with Gasteiger partial charge in [-0.3, -0.25) is 0 Å². The van der Waals surface area contributed by atoms with Gasteiger partial charge in [-0.05, 0) is 12.8 Å². The normalized spacial score (nSPS) is 11.0. The molecule has 0 N–H and O–H groups in total. The van der Waals surface area contributed by atoms with Gasteiger partial charge in [0, 0.05) is 31.2 Å². The molecule has 0 aromatic carbocycles. The maximum absolute atomic E-state index is 9.08. The topological polar surface area (TPSA) is 61.1 Å². The van der Waals surface area contributed by atoms with Gasteiger partial charge in [0.25, 0.3) is 0 Å². The summed E-state index contributed by atoms with van der Waals surface area (Å²) in [4.78, 5) is 0. The number of aromatic nitrogens is 1. The maximum Gasteiger partial charge on any atom is 0.181 e. The number of unbranched alkanes of at least 4 members (excludes halogenated alkanes) is 6. The van der Waals surface area contributed by atoms with Crippen LogP contribution < -0.4 is 4.57 Å². The number of hydrogen-bond acceptors (Lipinski definition) is 3. The molecule has 4 nitrogen and oxygen atoms in total. The van der Waals surface area contributed by atoms with Crippen LogP contribution in [-0.2, 0) is 23.1 Å². The van der Waals surface area contributed by atoms with Gasteiger partial charge < -0.3 is 4.55 Å². The molecule has 0 unspecified atom stereocenters. The molecular formula is C18H33NO3S. The average molecular weight is 344 g/mol. The Morgan fingerprint density at radius 1 is 0.957 bits per heavy atom. The highest BCUT2D eigenvalue weighted by molar-refractivity contribution is 7.84. The van der Waals surface area contributed by atoms with Crippen molar-refractivity contribution in [2.24, 2.45) is 0 Å². The molecule has 1 aromatic rings. The number of rotatable bonds is 10. The van der Waals surface area contributed by atoms with Crippen molar-refractivity contribution < 1.29 is 17.5 Å². The molecule has 0 aliphatic carbocycles. The SMILES string of the molecule is CCCCCCCCC[n+]1ccccc1CCC.CS(=O)(=O)[O-]. The average Bonchev–Trinajstić information content (AvgIpc) is 2.46. The number of nitrogens with zero attached hydrogens (tertiary/aromatic N) is 1. The molecule has 0 aliphatic heterocycles. The zero-order valence-electron chi connectivity index (χ0n) is 15.0. The second-order valence-electron chi connectivity index (χ2n) is 5.96. The number of pyridine rings is 1.